The van der Waals surface area contributed by atoms with Gasteiger partial charge in [0, 0.05) is 12.3 Å². The van der Waals surface area contributed by atoms with Crippen LogP contribution in [-0.2, 0) is 10.0 Å². The third-order valence-corrected chi connectivity index (χ3v) is 4.41. The summed E-state index contributed by atoms with van der Waals surface area (Å²) in [4.78, 5) is 4.17. The van der Waals surface area contributed by atoms with Crippen LogP contribution in [-0.4, -0.2) is 30.3 Å². The highest BCUT2D eigenvalue weighted by atomic mass is 32.2. The van der Waals surface area contributed by atoms with Crippen LogP contribution in [0.5, 0.6) is 5.75 Å². The maximum atomic E-state index is 12.4. The summed E-state index contributed by atoms with van der Waals surface area (Å²) in [5, 5.41) is 4.04. The molecular weight excluding hydrogens is 316 g/mol. The van der Waals surface area contributed by atoms with Gasteiger partial charge in [-0.1, -0.05) is 12.1 Å². The molecule has 0 spiro atoms. The summed E-state index contributed by atoms with van der Waals surface area (Å²) in [5.41, 5.74) is 0.412. The van der Waals surface area contributed by atoms with Crippen molar-refractivity contribution in [1.82, 2.24) is 14.8 Å². The Balaban J connectivity index is 1.87. The van der Waals surface area contributed by atoms with Crippen LogP contribution in [0.3, 0.4) is 0 Å². The third-order valence-electron chi connectivity index (χ3n) is 3.08. The molecule has 2 aromatic heterocycles. The molecule has 8 heteroatoms. The Morgan fingerprint density at radius 1 is 1.17 bits per heavy atom. The van der Waals surface area contributed by atoms with E-state index in [9.17, 15) is 8.42 Å². The maximum Gasteiger partial charge on any atom is 0.265 e. The molecule has 2 heterocycles. The van der Waals surface area contributed by atoms with Gasteiger partial charge in [-0.15, -0.1) is 0 Å². The first-order valence-electron chi connectivity index (χ1n) is 6.71. The van der Waals surface area contributed by atoms with E-state index in [1.165, 1.54) is 24.2 Å². The lowest BCUT2D eigenvalue weighted by Gasteiger charge is -2.07. The number of anilines is 1. The molecule has 0 saturated heterocycles. The van der Waals surface area contributed by atoms with Crippen molar-refractivity contribution in [2.24, 2.45) is 0 Å². The van der Waals surface area contributed by atoms with Crippen molar-refractivity contribution in [2.45, 2.75) is 4.90 Å². The first-order valence-corrected chi connectivity index (χ1v) is 8.20. The Morgan fingerprint density at radius 3 is 2.78 bits per heavy atom. The average molecular weight is 330 g/mol. The summed E-state index contributed by atoms with van der Waals surface area (Å²) < 4.78 is 33.8. The summed E-state index contributed by atoms with van der Waals surface area (Å²) >= 11 is 0. The molecule has 0 radical (unpaired) electrons. The van der Waals surface area contributed by atoms with E-state index in [4.69, 9.17) is 4.74 Å². The molecule has 0 atom stereocenters. The van der Waals surface area contributed by atoms with E-state index < -0.39 is 10.0 Å². The predicted molar refractivity (Wildman–Crippen MR) is 85.2 cm³/mol. The quantitative estimate of drug-likeness (QED) is 0.774. The monoisotopic (exact) mass is 330 g/mol. The van der Waals surface area contributed by atoms with E-state index in [-0.39, 0.29) is 4.90 Å². The molecule has 0 bridgehead atoms. The Kier molecular flexibility index (Phi) is 3.98. The minimum absolute atomic E-state index is 0.0472. The van der Waals surface area contributed by atoms with Crippen LogP contribution < -0.4 is 9.46 Å². The minimum atomic E-state index is -3.74. The van der Waals surface area contributed by atoms with E-state index in [2.05, 4.69) is 14.8 Å². The van der Waals surface area contributed by atoms with Crippen LogP contribution in [0.1, 0.15) is 0 Å². The maximum absolute atomic E-state index is 12.4. The summed E-state index contributed by atoms with van der Waals surface area (Å²) in [6.07, 6.45) is 4.29. The fourth-order valence-electron chi connectivity index (χ4n) is 1.96. The second-order valence-electron chi connectivity index (χ2n) is 4.65. The van der Waals surface area contributed by atoms with Gasteiger partial charge in [-0.3, -0.25) is 4.72 Å². The van der Waals surface area contributed by atoms with Crippen LogP contribution in [0.15, 0.2) is 66.0 Å². The molecule has 0 fully saturated rings. The van der Waals surface area contributed by atoms with E-state index in [1.807, 2.05) is 0 Å². The standard InChI is InChI=1S/C15H14N4O3S/c1-22-13-6-4-5-12(9-13)18-23(20,21)14-10-17-19(11-14)15-7-2-3-8-16-15/h2-11,18H,1H3. The normalized spacial score (nSPS) is 11.2. The summed E-state index contributed by atoms with van der Waals surface area (Å²) in [5.74, 6) is 1.10. The highest BCUT2D eigenvalue weighted by Crippen LogP contribution is 2.20. The minimum Gasteiger partial charge on any atom is -0.497 e. The van der Waals surface area contributed by atoms with Crippen LogP contribution >= 0.6 is 0 Å². The first kappa shape index (κ1) is 15.0. The van der Waals surface area contributed by atoms with Crippen molar-refractivity contribution in [1.29, 1.82) is 0 Å². The molecule has 0 saturated carbocycles. The zero-order valence-corrected chi connectivity index (χ0v) is 13.1. The Hall–Kier alpha value is -2.87. The number of hydrogen-bond donors (Lipinski definition) is 1. The predicted octanol–water partition coefficient (Wildman–Crippen LogP) is 2.08. The molecule has 7 nitrogen and oxygen atoms in total. The number of ether oxygens (including phenoxy) is 1. The Labute approximate surface area is 133 Å². The van der Waals surface area contributed by atoms with Crippen LogP contribution in [0, 0.1) is 0 Å². The van der Waals surface area contributed by atoms with E-state index in [1.54, 1.807) is 48.7 Å². The van der Waals surface area contributed by atoms with Crippen molar-refractivity contribution in [2.75, 3.05) is 11.8 Å². The number of rotatable bonds is 5. The van der Waals surface area contributed by atoms with E-state index in [0.717, 1.165) is 0 Å². The van der Waals surface area contributed by atoms with Gasteiger partial charge in [0.25, 0.3) is 10.0 Å². The van der Waals surface area contributed by atoms with Gasteiger partial charge in [-0.2, -0.15) is 5.10 Å². The van der Waals surface area contributed by atoms with Gasteiger partial charge in [0.1, 0.15) is 10.6 Å². The van der Waals surface area contributed by atoms with Gasteiger partial charge in [0.15, 0.2) is 5.82 Å². The topological polar surface area (TPSA) is 86.1 Å². The van der Waals surface area contributed by atoms with Crippen molar-refractivity contribution >= 4 is 15.7 Å². The number of aromatic nitrogens is 3. The van der Waals surface area contributed by atoms with Gasteiger partial charge < -0.3 is 4.74 Å². The molecule has 3 aromatic rings. The Morgan fingerprint density at radius 2 is 2.04 bits per heavy atom. The van der Waals surface area contributed by atoms with Crippen molar-refractivity contribution in [3.05, 3.63) is 61.1 Å². The lowest BCUT2D eigenvalue weighted by Crippen LogP contribution is -2.12. The fourth-order valence-corrected chi connectivity index (χ4v) is 2.94. The number of nitrogens with zero attached hydrogens (tertiary/aromatic N) is 3. The third kappa shape index (κ3) is 3.32. The molecular formula is C15H14N4O3S. The molecule has 0 aliphatic heterocycles. The second-order valence-corrected chi connectivity index (χ2v) is 6.33. The van der Waals surface area contributed by atoms with Crippen LogP contribution in [0.4, 0.5) is 5.69 Å². The molecule has 1 N–H and O–H groups in total. The molecule has 0 amide bonds. The van der Waals surface area contributed by atoms with Gasteiger partial charge in [0.05, 0.1) is 25.2 Å². The Bertz CT molecular complexity index is 907. The number of methoxy groups -OCH3 is 1. The molecule has 0 aliphatic carbocycles. The number of sulfonamides is 1. The first-order chi connectivity index (χ1) is 11.1. The summed E-state index contributed by atoms with van der Waals surface area (Å²) in [7, 11) is -2.22. The smallest absolute Gasteiger partial charge is 0.265 e. The van der Waals surface area contributed by atoms with Gasteiger partial charge >= 0.3 is 0 Å². The summed E-state index contributed by atoms with van der Waals surface area (Å²) in [6.45, 7) is 0. The highest BCUT2D eigenvalue weighted by Gasteiger charge is 2.17. The van der Waals surface area contributed by atoms with Gasteiger partial charge in [-0.25, -0.2) is 18.1 Å². The zero-order chi connectivity index (χ0) is 16.3. The van der Waals surface area contributed by atoms with E-state index >= 15 is 0 Å². The molecule has 0 unspecified atom stereocenters. The lowest BCUT2D eigenvalue weighted by molar-refractivity contribution is 0.415. The average Bonchev–Trinajstić information content (AvgIpc) is 3.06. The van der Waals surface area contributed by atoms with Gasteiger partial charge in [0.2, 0.25) is 0 Å². The lowest BCUT2D eigenvalue weighted by atomic mass is 10.3. The van der Waals surface area contributed by atoms with Crippen LogP contribution in [0.2, 0.25) is 0 Å². The number of benzene rings is 1. The van der Waals surface area contributed by atoms with E-state index in [0.29, 0.717) is 17.3 Å². The highest BCUT2D eigenvalue weighted by molar-refractivity contribution is 7.92. The van der Waals surface area contributed by atoms with Gasteiger partial charge in [-0.05, 0) is 24.3 Å². The molecule has 23 heavy (non-hydrogen) atoms. The summed E-state index contributed by atoms with van der Waals surface area (Å²) in [6, 6.07) is 12.0. The van der Waals surface area contributed by atoms with Crippen molar-refractivity contribution in [3.63, 3.8) is 0 Å². The largest absolute Gasteiger partial charge is 0.497 e. The molecule has 118 valence electrons. The van der Waals surface area contributed by atoms with Crippen molar-refractivity contribution < 1.29 is 13.2 Å². The molecule has 0 aliphatic rings. The molecule has 3 rings (SSSR count). The SMILES string of the molecule is COc1cccc(NS(=O)(=O)c2cnn(-c3ccccn3)c2)c1. The number of pyridine rings is 1. The van der Waals surface area contributed by atoms with Crippen molar-refractivity contribution in [3.8, 4) is 11.6 Å². The number of nitrogens with one attached hydrogen (secondary N) is 1. The molecule has 1 aromatic carbocycles. The second kappa shape index (κ2) is 6.09. The zero-order valence-electron chi connectivity index (χ0n) is 12.2. The fraction of sp³-hybridized carbons (Fsp3) is 0.0667. The number of hydrogen-bond acceptors (Lipinski definition) is 5. The van der Waals surface area contributed by atoms with Crippen LogP contribution in [0.25, 0.3) is 5.82 Å².